The Kier molecular flexibility index (Phi) is 5.68. The molecule has 15 heavy (non-hydrogen) atoms. The van der Waals surface area contributed by atoms with Crippen molar-refractivity contribution in [3.63, 3.8) is 0 Å². The molecule has 1 atom stereocenters. The summed E-state index contributed by atoms with van der Waals surface area (Å²) in [6.07, 6.45) is 0.986. The first kappa shape index (κ1) is 13.0. The lowest BCUT2D eigenvalue weighted by Gasteiger charge is -2.28. The van der Waals surface area contributed by atoms with E-state index in [0.29, 0.717) is 0 Å². The zero-order valence-electron chi connectivity index (χ0n) is 9.32. The highest BCUT2D eigenvalue weighted by Gasteiger charge is 2.21. The van der Waals surface area contributed by atoms with E-state index in [4.69, 9.17) is 0 Å². The van der Waals surface area contributed by atoms with Gasteiger partial charge >= 0.3 is 0 Å². The van der Waals surface area contributed by atoms with Crippen LogP contribution < -0.4 is 5.32 Å². The van der Waals surface area contributed by atoms with Gasteiger partial charge in [-0.05, 0) is 31.3 Å². The van der Waals surface area contributed by atoms with E-state index < -0.39 is 0 Å². The molecule has 0 amide bonds. The van der Waals surface area contributed by atoms with E-state index >= 15 is 0 Å². The quantitative estimate of drug-likeness (QED) is 0.724. The molecule has 4 heteroatoms. The fourth-order valence-corrected chi connectivity index (χ4v) is 3.44. The Morgan fingerprint density at radius 1 is 1.60 bits per heavy atom. The number of hydrogen-bond donors (Lipinski definition) is 2. The molecular weight excluding hydrogens is 226 g/mol. The summed E-state index contributed by atoms with van der Waals surface area (Å²) in [5.74, 6) is 1.05. The Bertz CT molecular complexity index is 264. The van der Waals surface area contributed by atoms with Crippen LogP contribution in [0.15, 0.2) is 21.7 Å². The van der Waals surface area contributed by atoms with Gasteiger partial charge < -0.3 is 10.4 Å². The molecule has 1 rings (SSSR count). The molecule has 0 aliphatic carbocycles. The minimum absolute atomic E-state index is 0.126. The van der Waals surface area contributed by atoms with Crippen LogP contribution in [0.4, 0.5) is 0 Å². The van der Waals surface area contributed by atoms with Crippen LogP contribution in [0, 0.1) is 0 Å². The summed E-state index contributed by atoms with van der Waals surface area (Å²) in [5, 5.41) is 14.7. The maximum absolute atomic E-state index is 9.30. The third kappa shape index (κ3) is 4.55. The molecule has 1 aromatic heterocycles. The second-order valence-corrected chi connectivity index (χ2v) is 6.12. The molecule has 1 unspecified atom stereocenters. The first-order chi connectivity index (χ1) is 7.20. The average Bonchev–Trinajstić information content (AvgIpc) is 2.71. The number of nitrogens with one attached hydrogen (secondary N) is 1. The highest BCUT2D eigenvalue weighted by atomic mass is 32.2. The van der Waals surface area contributed by atoms with Gasteiger partial charge in [-0.2, -0.15) is 0 Å². The Hall–Kier alpha value is -0.0300. The van der Waals surface area contributed by atoms with Crippen LogP contribution in [0.2, 0.25) is 0 Å². The van der Waals surface area contributed by atoms with E-state index in [1.807, 2.05) is 11.8 Å². The van der Waals surface area contributed by atoms with E-state index in [2.05, 4.69) is 36.7 Å². The lowest BCUT2D eigenvalue weighted by molar-refractivity contribution is 0.173. The molecule has 0 fully saturated rings. The van der Waals surface area contributed by atoms with Gasteiger partial charge in [0.25, 0.3) is 0 Å². The zero-order chi connectivity index (χ0) is 11.1. The predicted octanol–water partition coefficient (Wildman–Crippen LogP) is 2.59. The van der Waals surface area contributed by atoms with Crippen molar-refractivity contribution in [2.75, 3.05) is 18.9 Å². The number of aliphatic hydroxyl groups excluding tert-OH is 1. The summed E-state index contributed by atoms with van der Waals surface area (Å²) < 4.78 is 1.35. The lowest BCUT2D eigenvalue weighted by Crippen LogP contribution is -2.46. The van der Waals surface area contributed by atoms with Crippen LogP contribution in [-0.2, 0) is 0 Å². The van der Waals surface area contributed by atoms with E-state index in [-0.39, 0.29) is 12.1 Å². The van der Waals surface area contributed by atoms with E-state index in [1.165, 1.54) is 4.21 Å². The molecule has 0 saturated carbocycles. The van der Waals surface area contributed by atoms with Crippen molar-refractivity contribution in [3.05, 3.63) is 17.5 Å². The van der Waals surface area contributed by atoms with Crippen LogP contribution in [0.3, 0.4) is 0 Å². The monoisotopic (exact) mass is 245 g/mol. The predicted molar refractivity (Wildman–Crippen MR) is 68.8 cm³/mol. The molecular formula is C11H19NOS2. The van der Waals surface area contributed by atoms with Gasteiger partial charge in [-0.25, -0.2) is 0 Å². The van der Waals surface area contributed by atoms with Crippen molar-refractivity contribution in [2.24, 2.45) is 0 Å². The molecule has 86 valence electrons. The summed E-state index contributed by atoms with van der Waals surface area (Å²) in [6.45, 7) is 5.25. The number of likely N-dealkylation sites (N-methyl/N-ethyl adjacent to an activating group) is 1. The fourth-order valence-electron chi connectivity index (χ4n) is 1.37. The topological polar surface area (TPSA) is 32.3 Å². The Labute approximate surface area is 100 Å². The minimum Gasteiger partial charge on any atom is -0.394 e. The highest BCUT2D eigenvalue weighted by Crippen LogP contribution is 2.25. The number of thiophene rings is 1. The van der Waals surface area contributed by atoms with Crippen molar-refractivity contribution in [1.29, 1.82) is 0 Å². The summed E-state index contributed by atoms with van der Waals surface area (Å²) in [7, 11) is 0. The molecule has 2 N–H and O–H groups in total. The standard InChI is InChI=1S/C11H19NOS2/c1-3-12-11(2,9-13)6-8-15-10-5-4-7-14-10/h4-5,7,12-13H,3,6,8-9H2,1-2H3. The molecule has 0 bridgehead atoms. The maximum atomic E-state index is 9.30. The van der Waals surface area contributed by atoms with Gasteiger partial charge in [-0.15, -0.1) is 23.1 Å². The van der Waals surface area contributed by atoms with E-state index in [1.54, 1.807) is 11.3 Å². The number of rotatable bonds is 7. The van der Waals surface area contributed by atoms with Crippen LogP contribution in [-0.4, -0.2) is 29.5 Å². The Morgan fingerprint density at radius 2 is 2.40 bits per heavy atom. The Morgan fingerprint density at radius 3 is 2.93 bits per heavy atom. The molecule has 0 aliphatic heterocycles. The number of hydrogen-bond acceptors (Lipinski definition) is 4. The number of aliphatic hydroxyl groups is 1. The van der Waals surface area contributed by atoms with Crippen LogP contribution in [0.25, 0.3) is 0 Å². The zero-order valence-corrected chi connectivity index (χ0v) is 11.0. The molecule has 0 aliphatic rings. The summed E-state index contributed by atoms with van der Waals surface area (Å²) in [6, 6.07) is 4.21. The smallest absolute Gasteiger partial charge is 0.0610 e. The maximum Gasteiger partial charge on any atom is 0.0610 e. The molecule has 2 nitrogen and oxygen atoms in total. The van der Waals surface area contributed by atoms with E-state index in [9.17, 15) is 5.11 Å². The summed E-state index contributed by atoms with van der Waals surface area (Å²) in [4.78, 5) is 0. The first-order valence-electron chi connectivity index (χ1n) is 5.22. The third-order valence-corrected chi connectivity index (χ3v) is 4.48. The van der Waals surface area contributed by atoms with Crippen LogP contribution in [0.5, 0.6) is 0 Å². The first-order valence-corrected chi connectivity index (χ1v) is 7.09. The molecule has 1 aromatic rings. The Balaban J connectivity index is 2.28. The van der Waals surface area contributed by atoms with Crippen molar-refractivity contribution in [2.45, 2.75) is 30.0 Å². The van der Waals surface area contributed by atoms with Crippen LogP contribution in [0.1, 0.15) is 20.3 Å². The molecule has 1 heterocycles. The highest BCUT2D eigenvalue weighted by molar-refractivity contribution is 8.01. The molecule has 0 aromatic carbocycles. The normalized spacial score (nSPS) is 15.1. The van der Waals surface area contributed by atoms with Crippen molar-refractivity contribution in [3.8, 4) is 0 Å². The summed E-state index contributed by atoms with van der Waals surface area (Å²) >= 11 is 3.64. The third-order valence-electron chi connectivity index (χ3n) is 2.35. The lowest BCUT2D eigenvalue weighted by atomic mass is 10.0. The number of thioether (sulfide) groups is 1. The van der Waals surface area contributed by atoms with Gasteiger partial charge in [0.05, 0.1) is 10.8 Å². The van der Waals surface area contributed by atoms with Crippen molar-refractivity contribution < 1.29 is 5.11 Å². The van der Waals surface area contributed by atoms with Crippen molar-refractivity contribution >= 4 is 23.1 Å². The van der Waals surface area contributed by atoms with Gasteiger partial charge in [-0.1, -0.05) is 13.0 Å². The van der Waals surface area contributed by atoms with Gasteiger partial charge in [0.15, 0.2) is 0 Å². The van der Waals surface area contributed by atoms with Gasteiger partial charge in [0.2, 0.25) is 0 Å². The van der Waals surface area contributed by atoms with Gasteiger partial charge in [-0.3, -0.25) is 0 Å². The van der Waals surface area contributed by atoms with Crippen LogP contribution >= 0.6 is 23.1 Å². The SMILES string of the molecule is CCNC(C)(CO)CCSc1cccs1. The van der Waals surface area contributed by atoms with E-state index in [0.717, 1.165) is 18.7 Å². The molecule has 0 radical (unpaired) electrons. The second kappa shape index (κ2) is 6.53. The van der Waals surface area contributed by atoms with Crippen molar-refractivity contribution in [1.82, 2.24) is 5.32 Å². The second-order valence-electron chi connectivity index (χ2n) is 3.78. The summed E-state index contributed by atoms with van der Waals surface area (Å²) in [5.41, 5.74) is -0.126. The largest absolute Gasteiger partial charge is 0.394 e. The van der Waals surface area contributed by atoms with Gasteiger partial charge in [0.1, 0.15) is 0 Å². The van der Waals surface area contributed by atoms with Gasteiger partial charge in [0, 0.05) is 11.3 Å². The molecule has 0 spiro atoms. The minimum atomic E-state index is -0.126. The average molecular weight is 245 g/mol. The fraction of sp³-hybridized carbons (Fsp3) is 0.636. The molecule has 0 saturated heterocycles.